The summed E-state index contributed by atoms with van der Waals surface area (Å²) in [5.41, 5.74) is 2.33. The van der Waals surface area contributed by atoms with Gasteiger partial charge in [-0.1, -0.05) is 36.8 Å². The molecule has 5 nitrogen and oxygen atoms in total. The number of hydrogen-bond acceptors (Lipinski definition) is 2. The van der Waals surface area contributed by atoms with Crippen LogP contribution in [0.4, 0.5) is 0 Å². The molecule has 3 unspecified atom stereocenters. The molecule has 1 aliphatic heterocycles. The summed E-state index contributed by atoms with van der Waals surface area (Å²) in [4.78, 5) is 29.3. The van der Waals surface area contributed by atoms with Gasteiger partial charge in [-0.2, -0.15) is 0 Å². The molecule has 1 amide bonds. The first-order valence-electron chi connectivity index (χ1n) is 8.43. The van der Waals surface area contributed by atoms with Crippen molar-refractivity contribution in [3.05, 3.63) is 48.2 Å². The van der Waals surface area contributed by atoms with Crippen molar-refractivity contribution in [2.75, 3.05) is 6.54 Å². The summed E-state index contributed by atoms with van der Waals surface area (Å²) >= 11 is 0. The van der Waals surface area contributed by atoms with Gasteiger partial charge in [0.1, 0.15) is 11.7 Å². The van der Waals surface area contributed by atoms with Crippen LogP contribution in [0.3, 0.4) is 0 Å². The van der Waals surface area contributed by atoms with Crippen LogP contribution >= 0.6 is 0 Å². The number of carbonyl (C=O) groups is 2. The number of nitrogens with one attached hydrogen (secondary N) is 1. The lowest BCUT2D eigenvalue weighted by Gasteiger charge is -2.23. The van der Waals surface area contributed by atoms with Gasteiger partial charge in [0, 0.05) is 12.2 Å². The van der Waals surface area contributed by atoms with Crippen LogP contribution in [0.1, 0.15) is 29.8 Å². The molecule has 1 saturated carbocycles. The zero-order valence-electron chi connectivity index (χ0n) is 13.3. The molecule has 1 saturated heterocycles. The van der Waals surface area contributed by atoms with E-state index in [0.717, 1.165) is 30.5 Å². The van der Waals surface area contributed by atoms with E-state index in [0.29, 0.717) is 18.2 Å². The highest BCUT2D eigenvalue weighted by molar-refractivity contribution is 5.96. The largest absolute Gasteiger partial charge is 0.480 e. The first kappa shape index (κ1) is 15.0. The van der Waals surface area contributed by atoms with E-state index >= 15 is 0 Å². The number of H-pyrrole nitrogens is 1. The second kappa shape index (κ2) is 5.82. The fourth-order valence-corrected chi connectivity index (χ4v) is 4.29. The number of hydrogen-bond donors (Lipinski definition) is 2. The number of carboxylic acids is 1. The third-order valence-corrected chi connectivity index (χ3v) is 5.41. The molecule has 124 valence electrons. The number of rotatable bonds is 3. The first-order valence-corrected chi connectivity index (χ1v) is 8.43. The molecule has 2 aliphatic rings. The standard InChI is InChI=1S/C19H20N2O3/c22-18(16-10-9-15(20-16)12-5-2-1-3-6-12)21-11-13-7-4-8-14(13)17(21)19(23)24/h1-3,5-6,9-10,13-14,17,20H,4,7-8,11H2,(H,23,24). The van der Waals surface area contributed by atoms with Crippen molar-refractivity contribution in [1.29, 1.82) is 0 Å². The normalized spacial score (nSPS) is 25.7. The Bertz CT molecular complexity index is 768. The number of aromatic nitrogens is 1. The molecule has 2 N–H and O–H groups in total. The number of aliphatic carboxylic acids is 1. The summed E-state index contributed by atoms with van der Waals surface area (Å²) in [6, 6.07) is 12.7. The molecule has 1 aromatic heterocycles. The van der Waals surface area contributed by atoms with E-state index in [1.807, 2.05) is 36.4 Å². The maximum Gasteiger partial charge on any atom is 0.326 e. The van der Waals surface area contributed by atoms with Gasteiger partial charge >= 0.3 is 5.97 Å². The Morgan fingerprint density at radius 3 is 2.62 bits per heavy atom. The van der Waals surface area contributed by atoms with Crippen molar-refractivity contribution in [3.8, 4) is 11.3 Å². The van der Waals surface area contributed by atoms with Crippen LogP contribution in [0.25, 0.3) is 11.3 Å². The van der Waals surface area contributed by atoms with Crippen molar-refractivity contribution < 1.29 is 14.7 Å². The van der Waals surface area contributed by atoms with Gasteiger partial charge in [-0.05, 0) is 42.4 Å². The van der Waals surface area contributed by atoms with E-state index in [-0.39, 0.29) is 11.8 Å². The number of nitrogens with zero attached hydrogens (tertiary/aromatic N) is 1. The van der Waals surface area contributed by atoms with Gasteiger partial charge in [0.15, 0.2) is 0 Å². The molecular weight excluding hydrogens is 304 g/mol. The van der Waals surface area contributed by atoms with Gasteiger partial charge in [0.05, 0.1) is 0 Å². The minimum absolute atomic E-state index is 0.106. The molecule has 2 heterocycles. The van der Waals surface area contributed by atoms with E-state index in [1.54, 1.807) is 11.0 Å². The van der Waals surface area contributed by atoms with E-state index in [9.17, 15) is 14.7 Å². The van der Waals surface area contributed by atoms with E-state index < -0.39 is 12.0 Å². The van der Waals surface area contributed by atoms with Gasteiger partial charge in [0.25, 0.3) is 5.91 Å². The minimum atomic E-state index is -0.882. The van der Waals surface area contributed by atoms with Crippen LogP contribution in [-0.4, -0.2) is 39.5 Å². The Morgan fingerprint density at radius 1 is 1.08 bits per heavy atom. The number of aromatic amines is 1. The molecule has 0 spiro atoms. The molecule has 4 rings (SSSR count). The first-order chi connectivity index (χ1) is 11.6. The van der Waals surface area contributed by atoms with Gasteiger partial charge in [-0.25, -0.2) is 4.79 Å². The Morgan fingerprint density at radius 2 is 1.88 bits per heavy atom. The number of likely N-dealkylation sites (tertiary alicyclic amines) is 1. The van der Waals surface area contributed by atoms with Gasteiger partial charge in [0.2, 0.25) is 0 Å². The van der Waals surface area contributed by atoms with Crippen LogP contribution in [-0.2, 0) is 4.79 Å². The summed E-state index contributed by atoms with van der Waals surface area (Å²) in [7, 11) is 0. The highest BCUT2D eigenvalue weighted by atomic mass is 16.4. The highest BCUT2D eigenvalue weighted by Gasteiger charge is 2.49. The lowest BCUT2D eigenvalue weighted by molar-refractivity contribution is -0.142. The van der Waals surface area contributed by atoms with Gasteiger partial charge in [-0.3, -0.25) is 4.79 Å². The Hall–Kier alpha value is -2.56. The summed E-state index contributed by atoms with van der Waals surface area (Å²) < 4.78 is 0. The van der Waals surface area contributed by atoms with Crippen LogP contribution < -0.4 is 0 Å². The Labute approximate surface area is 140 Å². The smallest absolute Gasteiger partial charge is 0.326 e. The second-order valence-corrected chi connectivity index (χ2v) is 6.75. The van der Waals surface area contributed by atoms with Crippen LogP contribution in [0.5, 0.6) is 0 Å². The van der Waals surface area contributed by atoms with Crippen molar-refractivity contribution >= 4 is 11.9 Å². The molecule has 1 aromatic carbocycles. The van der Waals surface area contributed by atoms with E-state index in [4.69, 9.17) is 0 Å². The highest BCUT2D eigenvalue weighted by Crippen LogP contribution is 2.42. The molecule has 2 aromatic rings. The monoisotopic (exact) mass is 324 g/mol. The molecule has 2 fully saturated rings. The third kappa shape index (κ3) is 2.40. The number of carboxylic acid groups (broad SMARTS) is 1. The zero-order valence-corrected chi connectivity index (χ0v) is 13.3. The predicted molar refractivity (Wildman–Crippen MR) is 89.5 cm³/mol. The van der Waals surface area contributed by atoms with Gasteiger partial charge < -0.3 is 15.0 Å². The summed E-state index contributed by atoms with van der Waals surface area (Å²) in [6.07, 6.45) is 3.01. The maximum atomic E-state index is 12.9. The van der Waals surface area contributed by atoms with Crippen LogP contribution in [0.15, 0.2) is 42.5 Å². The maximum absolute atomic E-state index is 12.9. The summed E-state index contributed by atoms with van der Waals surface area (Å²) in [5, 5.41) is 9.61. The molecule has 1 aliphatic carbocycles. The van der Waals surface area contributed by atoms with Crippen molar-refractivity contribution in [3.63, 3.8) is 0 Å². The number of amides is 1. The van der Waals surface area contributed by atoms with Crippen LogP contribution in [0.2, 0.25) is 0 Å². The van der Waals surface area contributed by atoms with Gasteiger partial charge in [-0.15, -0.1) is 0 Å². The van der Waals surface area contributed by atoms with Crippen LogP contribution in [0, 0.1) is 11.8 Å². The zero-order chi connectivity index (χ0) is 16.7. The van der Waals surface area contributed by atoms with Crippen molar-refractivity contribution in [2.24, 2.45) is 11.8 Å². The fraction of sp³-hybridized carbons (Fsp3) is 0.368. The summed E-state index contributed by atoms with van der Waals surface area (Å²) in [6.45, 7) is 0.556. The average molecular weight is 324 g/mol. The molecule has 0 radical (unpaired) electrons. The van der Waals surface area contributed by atoms with E-state index in [2.05, 4.69) is 4.98 Å². The SMILES string of the molecule is O=C(O)C1C2CCCC2CN1C(=O)c1ccc(-c2ccccc2)[nH]1. The number of carbonyl (C=O) groups excluding carboxylic acids is 1. The lowest BCUT2D eigenvalue weighted by Crippen LogP contribution is -2.43. The Kier molecular flexibility index (Phi) is 3.63. The average Bonchev–Trinajstić information content (AvgIpc) is 3.29. The molecule has 3 atom stereocenters. The quantitative estimate of drug-likeness (QED) is 0.911. The second-order valence-electron chi connectivity index (χ2n) is 6.75. The van der Waals surface area contributed by atoms with E-state index in [1.165, 1.54) is 0 Å². The van der Waals surface area contributed by atoms with Crippen molar-refractivity contribution in [2.45, 2.75) is 25.3 Å². The Balaban J connectivity index is 1.60. The third-order valence-electron chi connectivity index (χ3n) is 5.41. The molecule has 0 bridgehead atoms. The molecular formula is C19H20N2O3. The number of fused-ring (bicyclic) bond motifs is 1. The topological polar surface area (TPSA) is 73.4 Å². The molecule has 5 heteroatoms. The lowest BCUT2D eigenvalue weighted by atomic mass is 9.94. The number of benzene rings is 1. The summed E-state index contributed by atoms with van der Waals surface area (Å²) in [5.74, 6) is -0.653. The predicted octanol–water partition coefficient (Wildman–Crippen LogP) is 3.01. The minimum Gasteiger partial charge on any atom is -0.480 e. The van der Waals surface area contributed by atoms with Crippen molar-refractivity contribution in [1.82, 2.24) is 9.88 Å². The fourth-order valence-electron chi connectivity index (χ4n) is 4.29. The molecule has 24 heavy (non-hydrogen) atoms.